The number of nitrogens with two attached hydrogens (primary N) is 3. The third-order valence-electron chi connectivity index (χ3n) is 6.43. The Morgan fingerprint density at radius 1 is 1.03 bits per heavy atom. The summed E-state index contributed by atoms with van der Waals surface area (Å²) in [4.78, 5) is 63.4. The van der Waals surface area contributed by atoms with Crippen molar-refractivity contribution in [3.63, 3.8) is 0 Å². The van der Waals surface area contributed by atoms with Crippen molar-refractivity contribution in [3.05, 3.63) is 29.8 Å². The van der Waals surface area contributed by atoms with Crippen LogP contribution in [0.25, 0.3) is 0 Å². The average molecular weight is 535 g/mol. The first-order chi connectivity index (χ1) is 18.0. The second kappa shape index (κ2) is 14.9. The number of unbranched alkanes of at least 4 members (excludes halogenated alkanes) is 1. The summed E-state index contributed by atoms with van der Waals surface area (Å²) in [7, 11) is 0. The van der Waals surface area contributed by atoms with E-state index < -0.39 is 53.8 Å². The molecule has 13 nitrogen and oxygen atoms in total. The normalized spacial score (nSPS) is 17.3. The van der Waals surface area contributed by atoms with Crippen LogP contribution in [0.5, 0.6) is 5.75 Å². The summed E-state index contributed by atoms with van der Waals surface area (Å²) in [5, 5.41) is 24.2. The van der Waals surface area contributed by atoms with Gasteiger partial charge in [-0.05, 0) is 62.8 Å². The van der Waals surface area contributed by atoms with E-state index in [-0.39, 0.29) is 38.0 Å². The summed E-state index contributed by atoms with van der Waals surface area (Å²) in [5.41, 5.74) is 17.1. The monoisotopic (exact) mass is 534 g/mol. The first-order valence-corrected chi connectivity index (χ1v) is 12.7. The number of phenols is 1. The number of carboxylic acid groups (broad SMARTS) is 1. The molecular weight excluding hydrogens is 496 g/mol. The molecule has 4 unspecified atom stereocenters. The molecule has 0 aliphatic carbocycles. The van der Waals surface area contributed by atoms with E-state index in [2.05, 4.69) is 10.6 Å². The lowest BCUT2D eigenvalue weighted by atomic mass is 10.0. The zero-order valence-electron chi connectivity index (χ0n) is 21.3. The van der Waals surface area contributed by atoms with Gasteiger partial charge in [-0.1, -0.05) is 12.1 Å². The molecule has 13 heteroatoms. The van der Waals surface area contributed by atoms with E-state index in [1.165, 1.54) is 17.0 Å². The molecule has 1 fully saturated rings. The third-order valence-corrected chi connectivity index (χ3v) is 6.43. The molecule has 0 aromatic heterocycles. The highest BCUT2D eigenvalue weighted by molar-refractivity contribution is 5.94. The van der Waals surface area contributed by atoms with E-state index in [0.29, 0.717) is 37.8 Å². The zero-order chi connectivity index (χ0) is 28.2. The molecule has 210 valence electrons. The first kappa shape index (κ1) is 30.5. The molecule has 1 aliphatic heterocycles. The van der Waals surface area contributed by atoms with E-state index >= 15 is 0 Å². The van der Waals surface area contributed by atoms with Gasteiger partial charge in [0.05, 0.1) is 6.04 Å². The van der Waals surface area contributed by atoms with E-state index in [9.17, 15) is 34.2 Å². The smallest absolute Gasteiger partial charge is 0.326 e. The fraction of sp³-hybridized carbons (Fsp3) is 0.560. The van der Waals surface area contributed by atoms with Crippen molar-refractivity contribution >= 4 is 29.6 Å². The van der Waals surface area contributed by atoms with Crippen LogP contribution in [-0.4, -0.2) is 82.0 Å². The van der Waals surface area contributed by atoms with Gasteiger partial charge >= 0.3 is 5.97 Å². The van der Waals surface area contributed by atoms with Gasteiger partial charge in [-0.15, -0.1) is 0 Å². The standard InChI is InChI=1S/C25H38N6O7/c26-12-2-1-4-18(29-22(34)17(27)10-11-21(28)33)24(36)31-13-3-5-20(31)23(35)30-19(25(37)38)14-15-6-8-16(32)9-7-15/h6-9,17-20,32H,1-5,10-14,26-27H2,(H2,28,33)(H,29,34)(H,30,35)(H,37,38). The summed E-state index contributed by atoms with van der Waals surface area (Å²) in [6.45, 7) is 0.670. The number of phenolic OH excluding ortho intramolecular Hbond substituents is 1. The summed E-state index contributed by atoms with van der Waals surface area (Å²) >= 11 is 0. The Morgan fingerprint density at radius 2 is 1.71 bits per heavy atom. The molecule has 0 bridgehead atoms. The van der Waals surface area contributed by atoms with E-state index in [1.54, 1.807) is 12.1 Å². The summed E-state index contributed by atoms with van der Waals surface area (Å²) in [5.74, 6) is -3.49. The Balaban J connectivity index is 2.10. The molecule has 2 rings (SSSR count). The molecule has 4 amide bonds. The predicted molar refractivity (Wildman–Crippen MR) is 137 cm³/mol. The van der Waals surface area contributed by atoms with Gasteiger partial charge in [0.15, 0.2) is 0 Å². The molecule has 1 heterocycles. The number of rotatable bonds is 15. The molecule has 0 saturated carbocycles. The molecule has 0 spiro atoms. The third kappa shape index (κ3) is 9.30. The molecule has 38 heavy (non-hydrogen) atoms. The number of carboxylic acids is 1. The molecule has 1 aromatic carbocycles. The number of hydrogen-bond acceptors (Lipinski definition) is 8. The van der Waals surface area contributed by atoms with E-state index in [0.717, 1.165) is 0 Å². The van der Waals surface area contributed by atoms with Crippen LogP contribution >= 0.6 is 0 Å². The van der Waals surface area contributed by atoms with Crippen LogP contribution in [0.4, 0.5) is 0 Å². The van der Waals surface area contributed by atoms with Gasteiger partial charge in [0.25, 0.3) is 0 Å². The molecule has 1 aliphatic rings. The Morgan fingerprint density at radius 3 is 2.32 bits per heavy atom. The molecule has 0 radical (unpaired) electrons. The number of amides is 4. The SMILES string of the molecule is NCCCCC(NC(=O)C(N)CCC(N)=O)C(=O)N1CCCC1C(=O)NC(Cc1ccc(O)cc1)C(=O)O. The average Bonchev–Trinajstić information content (AvgIpc) is 3.37. The van der Waals surface area contributed by atoms with Crippen molar-refractivity contribution in [2.75, 3.05) is 13.1 Å². The largest absolute Gasteiger partial charge is 0.508 e. The quantitative estimate of drug-likeness (QED) is 0.132. The number of aliphatic carboxylic acids is 1. The predicted octanol–water partition coefficient (Wildman–Crippen LogP) is -1.30. The Kier molecular flexibility index (Phi) is 12.0. The molecule has 10 N–H and O–H groups in total. The minimum absolute atomic E-state index is 0.0109. The molecule has 1 saturated heterocycles. The number of carbonyl (C=O) groups excluding carboxylic acids is 4. The van der Waals surface area contributed by atoms with Crippen molar-refractivity contribution in [3.8, 4) is 5.75 Å². The number of aromatic hydroxyl groups is 1. The number of primary amides is 1. The van der Waals surface area contributed by atoms with Gasteiger partial charge in [-0.2, -0.15) is 0 Å². The second-order valence-electron chi connectivity index (χ2n) is 9.42. The van der Waals surface area contributed by atoms with Crippen LogP contribution in [0.3, 0.4) is 0 Å². The van der Waals surface area contributed by atoms with Crippen LogP contribution < -0.4 is 27.8 Å². The number of hydrogen-bond donors (Lipinski definition) is 7. The Labute approximate surface area is 221 Å². The summed E-state index contributed by atoms with van der Waals surface area (Å²) < 4.78 is 0. The highest BCUT2D eigenvalue weighted by Gasteiger charge is 2.39. The number of likely N-dealkylation sites (tertiary alicyclic amines) is 1. The first-order valence-electron chi connectivity index (χ1n) is 12.7. The van der Waals surface area contributed by atoms with Gasteiger partial charge in [0.1, 0.15) is 23.9 Å². The van der Waals surface area contributed by atoms with Crippen molar-refractivity contribution in [1.29, 1.82) is 0 Å². The Hall–Kier alpha value is -3.71. The molecular formula is C25H38N6O7. The van der Waals surface area contributed by atoms with Gasteiger partial charge < -0.3 is 42.9 Å². The topological polar surface area (TPSA) is 231 Å². The summed E-state index contributed by atoms with van der Waals surface area (Å²) in [6, 6.07) is 1.82. The lowest BCUT2D eigenvalue weighted by molar-refractivity contribution is -0.145. The lowest BCUT2D eigenvalue weighted by Crippen LogP contribution is -2.57. The van der Waals surface area contributed by atoms with E-state index in [4.69, 9.17) is 17.2 Å². The van der Waals surface area contributed by atoms with Crippen molar-refractivity contribution in [1.82, 2.24) is 15.5 Å². The maximum absolute atomic E-state index is 13.5. The van der Waals surface area contributed by atoms with Gasteiger partial charge in [-0.25, -0.2) is 4.79 Å². The maximum Gasteiger partial charge on any atom is 0.326 e. The van der Waals surface area contributed by atoms with Crippen LogP contribution in [0.1, 0.15) is 50.5 Å². The van der Waals surface area contributed by atoms with Gasteiger partial charge in [-0.3, -0.25) is 19.2 Å². The van der Waals surface area contributed by atoms with Crippen LogP contribution in [-0.2, 0) is 30.4 Å². The van der Waals surface area contributed by atoms with Gasteiger partial charge in [0, 0.05) is 19.4 Å². The Bertz CT molecular complexity index is 987. The van der Waals surface area contributed by atoms with Crippen LogP contribution in [0.2, 0.25) is 0 Å². The summed E-state index contributed by atoms with van der Waals surface area (Å²) in [6.07, 6.45) is 2.24. The highest BCUT2D eigenvalue weighted by Crippen LogP contribution is 2.21. The molecule has 4 atom stereocenters. The maximum atomic E-state index is 13.5. The van der Waals surface area contributed by atoms with Crippen molar-refractivity contribution < 1.29 is 34.2 Å². The zero-order valence-corrected chi connectivity index (χ0v) is 21.3. The fourth-order valence-electron chi connectivity index (χ4n) is 4.30. The highest BCUT2D eigenvalue weighted by atomic mass is 16.4. The lowest BCUT2D eigenvalue weighted by Gasteiger charge is -2.30. The van der Waals surface area contributed by atoms with E-state index in [1.807, 2.05) is 0 Å². The second-order valence-corrected chi connectivity index (χ2v) is 9.42. The van der Waals surface area contributed by atoms with Gasteiger partial charge in [0.2, 0.25) is 23.6 Å². The van der Waals surface area contributed by atoms with Crippen molar-refractivity contribution in [2.45, 2.75) is 75.5 Å². The van der Waals surface area contributed by atoms with Crippen molar-refractivity contribution in [2.24, 2.45) is 17.2 Å². The number of carbonyl (C=O) groups is 5. The number of benzene rings is 1. The minimum atomic E-state index is -1.24. The fourth-order valence-corrected chi connectivity index (χ4v) is 4.30. The minimum Gasteiger partial charge on any atom is -0.508 e. The van der Waals surface area contributed by atoms with Crippen LogP contribution in [0, 0.1) is 0 Å². The molecule has 1 aromatic rings. The number of nitrogens with one attached hydrogen (secondary N) is 2. The number of nitrogens with zero attached hydrogens (tertiary/aromatic N) is 1. The van der Waals surface area contributed by atoms with Crippen LogP contribution in [0.15, 0.2) is 24.3 Å².